The van der Waals surface area contributed by atoms with Crippen molar-refractivity contribution >= 4 is 9.84 Å². The number of hydrogen-bond acceptors (Lipinski definition) is 3. The van der Waals surface area contributed by atoms with E-state index in [1.165, 1.54) is 6.26 Å². The SMILES string of the molecule is C=C(CC)CC(NCC)c1cccc(S(C)(=O)=O)c1. The molecule has 4 heteroatoms. The predicted octanol–water partition coefficient (Wildman–Crippen LogP) is 3.10. The molecule has 3 nitrogen and oxygen atoms in total. The smallest absolute Gasteiger partial charge is 0.175 e. The fourth-order valence-electron chi connectivity index (χ4n) is 1.95. The first-order chi connectivity index (χ1) is 8.88. The minimum atomic E-state index is -3.16. The van der Waals surface area contributed by atoms with Gasteiger partial charge in [-0.15, -0.1) is 0 Å². The molecular formula is C15H23NO2S. The molecular weight excluding hydrogens is 258 g/mol. The maximum Gasteiger partial charge on any atom is 0.175 e. The molecule has 1 aromatic carbocycles. The van der Waals surface area contributed by atoms with Gasteiger partial charge in [0, 0.05) is 12.3 Å². The van der Waals surface area contributed by atoms with Crippen molar-refractivity contribution in [1.82, 2.24) is 5.32 Å². The van der Waals surface area contributed by atoms with Crippen LogP contribution in [0.2, 0.25) is 0 Å². The molecule has 106 valence electrons. The first kappa shape index (κ1) is 15.9. The molecule has 1 unspecified atom stereocenters. The Labute approximate surface area is 116 Å². The number of hydrogen-bond donors (Lipinski definition) is 1. The van der Waals surface area contributed by atoms with Gasteiger partial charge in [0.15, 0.2) is 9.84 Å². The second-order valence-corrected chi connectivity index (χ2v) is 6.78. The summed E-state index contributed by atoms with van der Waals surface area (Å²) in [6.07, 6.45) is 3.00. The zero-order chi connectivity index (χ0) is 14.5. The highest BCUT2D eigenvalue weighted by Crippen LogP contribution is 2.24. The highest BCUT2D eigenvalue weighted by molar-refractivity contribution is 7.90. The molecule has 1 N–H and O–H groups in total. The highest BCUT2D eigenvalue weighted by atomic mass is 32.2. The van der Waals surface area contributed by atoms with Crippen LogP contribution < -0.4 is 5.32 Å². The van der Waals surface area contributed by atoms with E-state index in [1.807, 2.05) is 13.0 Å². The molecule has 1 atom stereocenters. The van der Waals surface area contributed by atoms with E-state index in [4.69, 9.17) is 0 Å². The van der Waals surface area contributed by atoms with E-state index >= 15 is 0 Å². The first-order valence-corrected chi connectivity index (χ1v) is 8.47. The minimum absolute atomic E-state index is 0.124. The standard InChI is InChI=1S/C15H23NO2S/c1-5-12(3)10-15(16-6-2)13-8-7-9-14(11-13)19(4,17)18/h7-9,11,15-16H,3,5-6,10H2,1-2,4H3. The van der Waals surface area contributed by atoms with Crippen molar-refractivity contribution in [3.63, 3.8) is 0 Å². The number of rotatable bonds is 7. The van der Waals surface area contributed by atoms with Crippen LogP contribution in [0.4, 0.5) is 0 Å². The van der Waals surface area contributed by atoms with Gasteiger partial charge in [0.1, 0.15) is 0 Å². The molecule has 0 radical (unpaired) electrons. The van der Waals surface area contributed by atoms with E-state index in [0.29, 0.717) is 4.90 Å². The van der Waals surface area contributed by atoms with E-state index < -0.39 is 9.84 Å². The lowest BCUT2D eigenvalue weighted by Gasteiger charge is -2.19. The summed E-state index contributed by atoms with van der Waals surface area (Å²) in [5.74, 6) is 0. The summed E-state index contributed by atoms with van der Waals surface area (Å²) in [6.45, 7) is 9.00. The van der Waals surface area contributed by atoms with Gasteiger partial charge in [-0.3, -0.25) is 0 Å². The lowest BCUT2D eigenvalue weighted by Crippen LogP contribution is -2.21. The lowest BCUT2D eigenvalue weighted by molar-refractivity contribution is 0.541. The Bertz CT molecular complexity index is 535. The normalized spacial score (nSPS) is 13.2. The maximum atomic E-state index is 11.6. The molecule has 1 rings (SSSR count). The Morgan fingerprint density at radius 3 is 2.58 bits per heavy atom. The number of sulfone groups is 1. The van der Waals surface area contributed by atoms with Gasteiger partial charge < -0.3 is 5.32 Å². The Kier molecular flexibility index (Phi) is 5.76. The summed E-state index contributed by atoms with van der Waals surface area (Å²) in [5.41, 5.74) is 2.16. The quantitative estimate of drug-likeness (QED) is 0.781. The molecule has 1 aromatic rings. The molecule has 0 fully saturated rings. The maximum absolute atomic E-state index is 11.6. The third-order valence-electron chi connectivity index (χ3n) is 3.13. The van der Waals surface area contributed by atoms with Gasteiger partial charge in [-0.05, 0) is 37.1 Å². The van der Waals surface area contributed by atoms with Gasteiger partial charge >= 0.3 is 0 Å². The molecule has 0 saturated carbocycles. The van der Waals surface area contributed by atoms with E-state index in [0.717, 1.165) is 30.5 Å². The van der Waals surface area contributed by atoms with Crippen molar-refractivity contribution in [2.24, 2.45) is 0 Å². The summed E-state index contributed by atoms with van der Waals surface area (Å²) in [5, 5.41) is 3.39. The van der Waals surface area contributed by atoms with E-state index in [9.17, 15) is 8.42 Å². The van der Waals surface area contributed by atoms with Crippen LogP contribution in [-0.4, -0.2) is 21.2 Å². The predicted molar refractivity (Wildman–Crippen MR) is 80.0 cm³/mol. The third kappa shape index (κ3) is 4.80. The van der Waals surface area contributed by atoms with Crippen LogP contribution in [0.5, 0.6) is 0 Å². The van der Waals surface area contributed by atoms with Crippen LogP contribution in [0.15, 0.2) is 41.3 Å². The molecule has 0 aliphatic heterocycles. The van der Waals surface area contributed by atoms with E-state index in [2.05, 4.69) is 18.8 Å². The van der Waals surface area contributed by atoms with Crippen molar-refractivity contribution in [2.75, 3.05) is 12.8 Å². The Morgan fingerprint density at radius 1 is 1.37 bits per heavy atom. The van der Waals surface area contributed by atoms with Crippen LogP contribution >= 0.6 is 0 Å². The largest absolute Gasteiger partial charge is 0.310 e. The van der Waals surface area contributed by atoms with Gasteiger partial charge in [0.25, 0.3) is 0 Å². The first-order valence-electron chi connectivity index (χ1n) is 6.58. The van der Waals surface area contributed by atoms with Gasteiger partial charge in [0.2, 0.25) is 0 Å². The van der Waals surface area contributed by atoms with E-state index in [-0.39, 0.29) is 6.04 Å². The monoisotopic (exact) mass is 281 g/mol. The summed E-state index contributed by atoms with van der Waals surface area (Å²) < 4.78 is 23.2. The molecule has 0 saturated heterocycles. The topological polar surface area (TPSA) is 46.2 Å². The van der Waals surface area contributed by atoms with Crippen LogP contribution in [0.25, 0.3) is 0 Å². The average Bonchev–Trinajstić information content (AvgIpc) is 2.37. The van der Waals surface area contributed by atoms with Crippen LogP contribution in [0.1, 0.15) is 38.3 Å². The molecule has 0 aromatic heterocycles. The Balaban J connectivity index is 3.06. The van der Waals surface area contributed by atoms with Crippen LogP contribution in [-0.2, 0) is 9.84 Å². The summed E-state index contributed by atoms with van der Waals surface area (Å²) in [4.78, 5) is 0.370. The second-order valence-electron chi connectivity index (χ2n) is 4.76. The highest BCUT2D eigenvalue weighted by Gasteiger charge is 2.14. The minimum Gasteiger partial charge on any atom is -0.310 e. The van der Waals surface area contributed by atoms with Crippen molar-refractivity contribution in [3.05, 3.63) is 42.0 Å². The lowest BCUT2D eigenvalue weighted by atomic mass is 9.98. The van der Waals surface area contributed by atoms with Gasteiger partial charge in [-0.25, -0.2) is 8.42 Å². The van der Waals surface area contributed by atoms with Gasteiger partial charge in [0.05, 0.1) is 4.90 Å². The molecule has 0 bridgehead atoms. The van der Waals surface area contributed by atoms with Gasteiger partial charge in [-0.2, -0.15) is 0 Å². The summed E-state index contributed by atoms with van der Waals surface area (Å²) in [7, 11) is -3.16. The fourth-order valence-corrected chi connectivity index (χ4v) is 2.63. The summed E-state index contributed by atoms with van der Waals surface area (Å²) >= 11 is 0. The summed E-state index contributed by atoms with van der Waals surface area (Å²) in [6, 6.07) is 7.27. The Morgan fingerprint density at radius 2 is 2.05 bits per heavy atom. The van der Waals surface area contributed by atoms with Crippen molar-refractivity contribution in [1.29, 1.82) is 0 Å². The fraction of sp³-hybridized carbons (Fsp3) is 0.467. The van der Waals surface area contributed by atoms with Crippen molar-refractivity contribution in [2.45, 2.75) is 37.6 Å². The molecule has 0 aliphatic carbocycles. The third-order valence-corrected chi connectivity index (χ3v) is 4.24. The zero-order valence-corrected chi connectivity index (χ0v) is 12.8. The molecule has 19 heavy (non-hydrogen) atoms. The van der Waals surface area contributed by atoms with Crippen LogP contribution in [0.3, 0.4) is 0 Å². The number of nitrogens with one attached hydrogen (secondary N) is 1. The van der Waals surface area contributed by atoms with Crippen molar-refractivity contribution < 1.29 is 8.42 Å². The van der Waals surface area contributed by atoms with Crippen LogP contribution in [0, 0.1) is 0 Å². The van der Waals surface area contributed by atoms with Crippen molar-refractivity contribution in [3.8, 4) is 0 Å². The average molecular weight is 281 g/mol. The molecule has 0 amide bonds. The second kappa shape index (κ2) is 6.87. The Hall–Kier alpha value is -1.13. The molecule has 0 aliphatic rings. The number of benzene rings is 1. The van der Waals surface area contributed by atoms with Gasteiger partial charge in [-0.1, -0.05) is 38.1 Å². The molecule has 0 heterocycles. The van der Waals surface area contributed by atoms with E-state index in [1.54, 1.807) is 18.2 Å². The zero-order valence-electron chi connectivity index (χ0n) is 11.9. The molecule has 0 spiro atoms.